The standard InChI is InChI=1S/C21H19FN4OS/c1-14(20(27)26-13-12-16-4-2-3-5-18(16)26)28-21-23-19(24-25-21)11-8-15-6-9-17(22)10-7-15/h2-11,14H,12-13H2,1H3,(H,23,24,25)/b11-8+. The summed E-state index contributed by atoms with van der Waals surface area (Å²) in [5, 5.41) is 7.25. The quantitative estimate of drug-likeness (QED) is 0.660. The van der Waals surface area contributed by atoms with E-state index < -0.39 is 0 Å². The van der Waals surface area contributed by atoms with E-state index >= 15 is 0 Å². The molecule has 1 aromatic heterocycles. The molecular formula is C21H19FN4OS. The average molecular weight is 394 g/mol. The second-order valence-electron chi connectivity index (χ2n) is 6.52. The van der Waals surface area contributed by atoms with Gasteiger partial charge in [0.25, 0.3) is 0 Å². The van der Waals surface area contributed by atoms with Gasteiger partial charge in [0.05, 0.1) is 5.25 Å². The number of hydrogen-bond acceptors (Lipinski definition) is 4. The topological polar surface area (TPSA) is 61.9 Å². The first-order chi connectivity index (χ1) is 13.6. The van der Waals surface area contributed by atoms with Crippen molar-refractivity contribution in [3.63, 3.8) is 0 Å². The van der Waals surface area contributed by atoms with Gasteiger partial charge in [-0.15, -0.1) is 5.10 Å². The molecule has 7 heteroatoms. The Hall–Kier alpha value is -2.93. The maximum absolute atomic E-state index is 12.9. The number of halogens is 1. The lowest BCUT2D eigenvalue weighted by Crippen LogP contribution is -2.35. The van der Waals surface area contributed by atoms with Gasteiger partial charge in [0.1, 0.15) is 11.6 Å². The number of carbonyl (C=O) groups is 1. The number of anilines is 1. The van der Waals surface area contributed by atoms with Gasteiger partial charge in [-0.05, 0) is 48.7 Å². The van der Waals surface area contributed by atoms with Gasteiger partial charge in [-0.2, -0.15) is 0 Å². The molecule has 1 unspecified atom stereocenters. The predicted octanol–water partition coefficient (Wildman–Crippen LogP) is 4.18. The molecule has 0 aliphatic carbocycles. The molecule has 2 heterocycles. The normalized spacial score (nSPS) is 14.4. The highest BCUT2D eigenvalue weighted by Crippen LogP contribution is 2.30. The molecule has 1 atom stereocenters. The number of thioether (sulfide) groups is 1. The Kier molecular flexibility index (Phi) is 5.25. The highest BCUT2D eigenvalue weighted by Gasteiger charge is 2.28. The third kappa shape index (κ3) is 3.99. The van der Waals surface area contributed by atoms with Crippen molar-refractivity contribution in [1.82, 2.24) is 15.2 Å². The van der Waals surface area contributed by atoms with Crippen LogP contribution < -0.4 is 4.90 Å². The van der Waals surface area contributed by atoms with Crippen LogP contribution >= 0.6 is 11.8 Å². The molecule has 1 amide bonds. The lowest BCUT2D eigenvalue weighted by molar-refractivity contribution is -0.117. The summed E-state index contributed by atoms with van der Waals surface area (Å²) in [5.41, 5.74) is 3.07. The maximum atomic E-state index is 12.9. The molecule has 5 nitrogen and oxygen atoms in total. The van der Waals surface area contributed by atoms with Gasteiger partial charge < -0.3 is 4.90 Å². The van der Waals surface area contributed by atoms with Crippen LogP contribution in [0, 0.1) is 5.82 Å². The first kappa shape index (κ1) is 18.4. The number of benzene rings is 2. The Bertz CT molecular complexity index is 1020. The van der Waals surface area contributed by atoms with Crippen LogP contribution in [0.3, 0.4) is 0 Å². The fourth-order valence-corrected chi connectivity index (χ4v) is 3.92. The van der Waals surface area contributed by atoms with Gasteiger partial charge in [0.15, 0.2) is 0 Å². The van der Waals surface area contributed by atoms with Crippen LogP contribution in [-0.2, 0) is 11.2 Å². The number of aromatic nitrogens is 3. The minimum Gasteiger partial charge on any atom is -0.311 e. The van der Waals surface area contributed by atoms with Crippen LogP contribution in [0.1, 0.15) is 23.9 Å². The smallest absolute Gasteiger partial charge is 0.240 e. The van der Waals surface area contributed by atoms with E-state index in [1.165, 1.54) is 29.5 Å². The Labute approximate surface area is 166 Å². The summed E-state index contributed by atoms with van der Waals surface area (Å²) in [5.74, 6) is 0.371. The fraction of sp³-hybridized carbons (Fsp3) is 0.190. The number of carbonyl (C=O) groups excluding carboxylic acids is 1. The van der Waals surface area contributed by atoms with E-state index in [1.54, 1.807) is 18.2 Å². The molecule has 0 radical (unpaired) electrons. The Morgan fingerprint density at radius 1 is 1.21 bits per heavy atom. The Morgan fingerprint density at radius 3 is 2.82 bits per heavy atom. The third-order valence-electron chi connectivity index (χ3n) is 4.57. The summed E-state index contributed by atoms with van der Waals surface area (Å²) in [7, 11) is 0. The third-order valence-corrected chi connectivity index (χ3v) is 5.52. The zero-order valence-corrected chi connectivity index (χ0v) is 16.1. The molecule has 0 bridgehead atoms. The van der Waals surface area contributed by atoms with E-state index in [0.717, 1.165) is 17.7 Å². The summed E-state index contributed by atoms with van der Waals surface area (Å²) < 4.78 is 12.9. The van der Waals surface area contributed by atoms with Crippen molar-refractivity contribution < 1.29 is 9.18 Å². The molecule has 0 saturated carbocycles. The molecule has 28 heavy (non-hydrogen) atoms. The molecule has 0 saturated heterocycles. The van der Waals surface area contributed by atoms with Crippen LogP contribution in [0.4, 0.5) is 10.1 Å². The molecule has 1 N–H and O–H groups in total. The second kappa shape index (κ2) is 7.98. The summed E-state index contributed by atoms with van der Waals surface area (Å²) in [6, 6.07) is 14.2. The van der Waals surface area contributed by atoms with Gasteiger partial charge >= 0.3 is 0 Å². The second-order valence-corrected chi connectivity index (χ2v) is 7.82. The van der Waals surface area contributed by atoms with Gasteiger partial charge in [-0.3, -0.25) is 9.89 Å². The summed E-state index contributed by atoms with van der Waals surface area (Å²) >= 11 is 1.33. The number of hydrogen-bond donors (Lipinski definition) is 1. The van der Waals surface area contributed by atoms with Crippen LogP contribution in [-0.4, -0.2) is 32.9 Å². The van der Waals surface area contributed by atoms with Crippen molar-refractivity contribution in [3.05, 3.63) is 71.3 Å². The zero-order valence-electron chi connectivity index (χ0n) is 15.3. The van der Waals surface area contributed by atoms with Gasteiger partial charge in [-0.1, -0.05) is 48.2 Å². The van der Waals surface area contributed by atoms with E-state index in [0.29, 0.717) is 17.5 Å². The molecule has 3 aromatic rings. The number of rotatable bonds is 5. The number of nitrogens with one attached hydrogen (secondary N) is 1. The first-order valence-electron chi connectivity index (χ1n) is 9.02. The van der Waals surface area contributed by atoms with Crippen LogP contribution in [0.5, 0.6) is 0 Å². The zero-order chi connectivity index (χ0) is 19.5. The number of amides is 1. The van der Waals surface area contributed by atoms with Crippen molar-refractivity contribution in [2.45, 2.75) is 23.8 Å². The molecule has 1 aliphatic heterocycles. The van der Waals surface area contributed by atoms with Crippen molar-refractivity contribution in [2.24, 2.45) is 0 Å². The highest BCUT2D eigenvalue weighted by atomic mass is 32.2. The van der Waals surface area contributed by atoms with E-state index in [2.05, 4.69) is 21.2 Å². The van der Waals surface area contributed by atoms with Crippen molar-refractivity contribution in [3.8, 4) is 0 Å². The molecular weight excluding hydrogens is 375 g/mol. The van der Waals surface area contributed by atoms with Crippen LogP contribution in [0.25, 0.3) is 12.2 Å². The Balaban J connectivity index is 1.39. The number of H-pyrrole nitrogens is 1. The highest BCUT2D eigenvalue weighted by molar-refractivity contribution is 8.00. The molecule has 4 rings (SSSR count). The lowest BCUT2D eigenvalue weighted by atomic mass is 10.2. The van der Waals surface area contributed by atoms with Crippen molar-refractivity contribution in [2.75, 3.05) is 11.4 Å². The number of fused-ring (bicyclic) bond motifs is 1. The fourth-order valence-electron chi connectivity index (χ4n) is 3.13. The number of aromatic amines is 1. The number of para-hydroxylation sites is 1. The molecule has 2 aromatic carbocycles. The van der Waals surface area contributed by atoms with E-state index in [9.17, 15) is 9.18 Å². The largest absolute Gasteiger partial charge is 0.311 e. The Morgan fingerprint density at radius 2 is 2.00 bits per heavy atom. The molecule has 0 spiro atoms. The predicted molar refractivity (Wildman–Crippen MR) is 110 cm³/mol. The monoisotopic (exact) mass is 394 g/mol. The van der Waals surface area contributed by atoms with Crippen LogP contribution in [0.2, 0.25) is 0 Å². The summed E-state index contributed by atoms with van der Waals surface area (Å²) in [6.07, 6.45) is 4.48. The average Bonchev–Trinajstić information content (AvgIpc) is 3.34. The number of nitrogens with zero attached hydrogens (tertiary/aromatic N) is 3. The van der Waals surface area contributed by atoms with E-state index in [4.69, 9.17) is 0 Å². The molecule has 142 valence electrons. The van der Waals surface area contributed by atoms with Gasteiger partial charge in [0, 0.05) is 12.2 Å². The molecule has 1 aliphatic rings. The van der Waals surface area contributed by atoms with Crippen LogP contribution in [0.15, 0.2) is 53.7 Å². The van der Waals surface area contributed by atoms with E-state index in [1.807, 2.05) is 36.1 Å². The van der Waals surface area contributed by atoms with Crippen molar-refractivity contribution in [1.29, 1.82) is 0 Å². The molecule has 0 fully saturated rings. The first-order valence-corrected chi connectivity index (χ1v) is 9.90. The SMILES string of the molecule is CC(Sc1n[nH]c(/C=C/c2ccc(F)cc2)n1)C(=O)N1CCc2ccccc21. The van der Waals surface area contributed by atoms with Gasteiger partial charge in [-0.25, -0.2) is 9.37 Å². The van der Waals surface area contributed by atoms with Crippen molar-refractivity contribution >= 4 is 35.5 Å². The van der Waals surface area contributed by atoms with E-state index in [-0.39, 0.29) is 17.0 Å². The maximum Gasteiger partial charge on any atom is 0.240 e. The summed E-state index contributed by atoms with van der Waals surface area (Å²) in [6.45, 7) is 2.58. The summed E-state index contributed by atoms with van der Waals surface area (Å²) in [4.78, 5) is 19.1. The minimum atomic E-state index is -0.295. The van der Waals surface area contributed by atoms with Gasteiger partial charge in [0.2, 0.25) is 11.1 Å². The minimum absolute atomic E-state index is 0.0585. The lowest BCUT2D eigenvalue weighted by Gasteiger charge is -2.20.